The highest BCUT2D eigenvalue weighted by Crippen LogP contribution is 2.40. The summed E-state index contributed by atoms with van der Waals surface area (Å²) in [5.74, 6) is 0.00569. The van der Waals surface area contributed by atoms with Gasteiger partial charge < -0.3 is 30.0 Å². The van der Waals surface area contributed by atoms with Crippen molar-refractivity contribution in [2.24, 2.45) is 0 Å². The first kappa shape index (κ1) is 33.8. The first-order valence-corrected chi connectivity index (χ1v) is 16.7. The SMILES string of the molecule is COC(=O)C(Cc1ccccc1)NC(=O)Nc1cccc(C2OC(CSc3nnnn3-c3ccccc3)CC(c3ccc(CO)cc3)O2)c1. The van der Waals surface area contributed by atoms with Gasteiger partial charge in [0.15, 0.2) is 6.29 Å². The van der Waals surface area contributed by atoms with Gasteiger partial charge in [0.05, 0.1) is 31.6 Å². The maximum Gasteiger partial charge on any atom is 0.328 e. The lowest BCUT2D eigenvalue weighted by Gasteiger charge is -2.36. The molecule has 1 fully saturated rings. The summed E-state index contributed by atoms with van der Waals surface area (Å²) in [5.41, 5.74) is 4.70. The molecule has 4 aromatic carbocycles. The molecule has 1 aliphatic rings. The number of anilines is 1. The zero-order valence-electron chi connectivity index (χ0n) is 26.7. The monoisotopic (exact) mass is 680 g/mol. The van der Waals surface area contributed by atoms with Gasteiger partial charge in [0.1, 0.15) is 6.04 Å². The second-order valence-electron chi connectivity index (χ2n) is 11.4. The number of tetrazole rings is 1. The van der Waals surface area contributed by atoms with Crippen LogP contribution >= 0.6 is 11.8 Å². The van der Waals surface area contributed by atoms with Gasteiger partial charge in [-0.3, -0.25) is 0 Å². The van der Waals surface area contributed by atoms with E-state index in [1.165, 1.54) is 18.9 Å². The van der Waals surface area contributed by atoms with Gasteiger partial charge in [-0.25, -0.2) is 9.59 Å². The lowest BCUT2D eigenvalue weighted by atomic mass is 10.0. The van der Waals surface area contributed by atoms with Gasteiger partial charge >= 0.3 is 12.0 Å². The number of esters is 1. The standard InChI is InChI=1S/C36H36N6O6S/c1-46-33(44)31(19-24-9-4-2-5-10-24)38-35(45)37-28-12-8-11-27(20-28)34-47-30(21-32(48-34)26-17-15-25(22-43)16-18-26)23-49-36-39-40-41-42(36)29-13-6-3-7-14-29/h2-18,20,30-32,34,43H,19,21-23H2,1H3,(H2,37,38,45). The van der Waals surface area contributed by atoms with Crippen LogP contribution in [0, 0.1) is 0 Å². The summed E-state index contributed by atoms with van der Waals surface area (Å²) in [6.45, 7) is -0.0487. The van der Waals surface area contributed by atoms with E-state index >= 15 is 0 Å². The number of nitrogens with one attached hydrogen (secondary N) is 2. The topological polar surface area (TPSA) is 150 Å². The summed E-state index contributed by atoms with van der Waals surface area (Å²) < 4.78 is 19.6. The van der Waals surface area contributed by atoms with Crippen LogP contribution in [0.2, 0.25) is 0 Å². The third-order valence-electron chi connectivity index (χ3n) is 7.95. The summed E-state index contributed by atoms with van der Waals surface area (Å²) in [5, 5.41) is 28.0. The van der Waals surface area contributed by atoms with Crippen LogP contribution in [0.3, 0.4) is 0 Å². The number of carbonyl (C=O) groups is 2. The highest BCUT2D eigenvalue weighted by Gasteiger charge is 2.33. The van der Waals surface area contributed by atoms with Gasteiger partial charge in [0.2, 0.25) is 5.16 Å². The number of rotatable bonds is 12. The Morgan fingerprint density at radius 3 is 2.43 bits per heavy atom. The number of hydrogen-bond acceptors (Lipinski definition) is 10. The van der Waals surface area contributed by atoms with Crippen molar-refractivity contribution in [2.45, 2.75) is 49.1 Å². The minimum absolute atomic E-state index is 0.0487. The molecule has 0 bridgehead atoms. The minimum atomic E-state index is -0.875. The fourth-order valence-electron chi connectivity index (χ4n) is 5.46. The molecule has 12 nitrogen and oxygen atoms in total. The van der Waals surface area contributed by atoms with E-state index in [2.05, 4.69) is 26.2 Å². The van der Waals surface area contributed by atoms with E-state index in [9.17, 15) is 14.7 Å². The lowest BCUT2D eigenvalue weighted by Crippen LogP contribution is -2.45. The van der Waals surface area contributed by atoms with Crippen LogP contribution in [0.15, 0.2) is 114 Å². The van der Waals surface area contributed by atoms with E-state index in [1.54, 1.807) is 22.9 Å². The number of ether oxygens (including phenoxy) is 3. The number of nitrogens with zero attached hydrogens (tertiary/aromatic N) is 4. The molecular weight excluding hydrogens is 644 g/mol. The Hall–Kier alpha value is -5.08. The van der Waals surface area contributed by atoms with Crippen LogP contribution in [0.1, 0.15) is 41.1 Å². The van der Waals surface area contributed by atoms with E-state index in [-0.39, 0.29) is 25.2 Å². The molecule has 2 amide bonds. The molecule has 13 heteroatoms. The average molecular weight is 681 g/mol. The third-order valence-corrected chi connectivity index (χ3v) is 9.00. The minimum Gasteiger partial charge on any atom is -0.467 e. The Bertz CT molecular complexity index is 1830. The number of aliphatic hydroxyl groups is 1. The predicted octanol–water partition coefficient (Wildman–Crippen LogP) is 5.40. The molecule has 49 heavy (non-hydrogen) atoms. The first-order valence-electron chi connectivity index (χ1n) is 15.8. The molecule has 252 valence electrons. The summed E-state index contributed by atoms with van der Waals surface area (Å²) >= 11 is 1.49. The number of hydrogen-bond donors (Lipinski definition) is 3. The molecule has 2 heterocycles. The molecule has 4 unspecified atom stereocenters. The number of para-hydroxylation sites is 1. The Labute approximate surface area is 287 Å². The zero-order chi connectivity index (χ0) is 34.0. The fraction of sp³-hybridized carbons (Fsp3) is 0.250. The van der Waals surface area contributed by atoms with Crippen LogP contribution in [0.4, 0.5) is 10.5 Å². The number of amides is 2. The normalized spacial score (nSPS) is 18.0. The van der Waals surface area contributed by atoms with E-state index in [4.69, 9.17) is 14.2 Å². The van der Waals surface area contributed by atoms with Crippen molar-refractivity contribution in [3.63, 3.8) is 0 Å². The van der Waals surface area contributed by atoms with Gasteiger partial charge in [-0.15, -0.1) is 5.10 Å². The maximum atomic E-state index is 13.1. The number of methoxy groups -OCH3 is 1. The van der Waals surface area contributed by atoms with Crippen LogP contribution in [-0.4, -0.2) is 62.3 Å². The van der Waals surface area contributed by atoms with Gasteiger partial charge in [-0.1, -0.05) is 96.7 Å². The zero-order valence-corrected chi connectivity index (χ0v) is 27.5. The number of aliphatic hydroxyl groups excluding tert-OH is 1. The number of carbonyl (C=O) groups excluding carboxylic acids is 2. The van der Waals surface area contributed by atoms with Gasteiger partial charge in [-0.05, 0) is 51.4 Å². The molecule has 5 aromatic rings. The highest BCUT2D eigenvalue weighted by molar-refractivity contribution is 7.99. The van der Waals surface area contributed by atoms with E-state index in [0.717, 1.165) is 22.4 Å². The Morgan fingerprint density at radius 1 is 0.939 bits per heavy atom. The summed E-state index contributed by atoms with van der Waals surface area (Å²) in [4.78, 5) is 25.5. The van der Waals surface area contributed by atoms with E-state index < -0.39 is 24.3 Å². The molecule has 0 radical (unpaired) electrons. The van der Waals surface area contributed by atoms with Crippen molar-refractivity contribution in [3.8, 4) is 5.69 Å². The summed E-state index contributed by atoms with van der Waals surface area (Å²) in [6.07, 6.45) is -0.446. The van der Waals surface area contributed by atoms with Crippen molar-refractivity contribution in [1.82, 2.24) is 25.5 Å². The summed E-state index contributed by atoms with van der Waals surface area (Å²) in [7, 11) is 1.29. The first-order chi connectivity index (χ1) is 24.0. The third kappa shape index (κ3) is 8.89. The van der Waals surface area contributed by atoms with Gasteiger partial charge in [0.25, 0.3) is 0 Å². The summed E-state index contributed by atoms with van der Waals surface area (Å²) in [6, 6.07) is 32.5. The van der Waals surface area contributed by atoms with Crippen LogP contribution in [-0.2, 0) is 32.0 Å². The molecule has 1 aromatic heterocycles. The molecule has 6 rings (SSSR count). The second-order valence-corrected chi connectivity index (χ2v) is 12.3. The molecule has 3 N–H and O–H groups in total. The smallest absolute Gasteiger partial charge is 0.328 e. The molecular formula is C36H36N6O6S. The maximum absolute atomic E-state index is 13.1. The van der Waals surface area contributed by atoms with Gasteiger partial charge in [0, 0.05) is 29.8 Å². The Kier molecular flexibility index (Phi) is 11.3. The quantitative estimate of drug-likeness (QED) is 0.116. The number of aromatic nitrogens is 4. The predicted molar refractivity (Wildman–Crippen MR) is 183 cm³/mol. The molecule has 0 spiro atoms. The van der Waals surface area contributed by atoms with Crippen molar-refractivity contribution >= 4 is 29.4 Å². The molecule has 1 saturated heterocycles. The Balaban J connectivity index is 1.17. The number of benzene rings is 4. The van der Waals surface area contributed by atoms with Crippen molar-refractivity contribution in [1.29, 1.82) is 0 Å². The van der Waals surface area contributed by atoms with Gasteiger partial charge in [-0.2, -0.15) is 4.68 Å². The van der Waals surface area contributed by atoms with Crippen molar-refractivity contribution < 1.29 is 28.9 Å². The second kappa shape index (κ2) is 16.3. The molecule has 4 atom stereocenters. The van der Waals surface area contributed by atoms with Crippen LogP contribution < -0.4 is 10.6 Å². The largest absolute Gasteiger partial charge is 0.467 e. The number of thioether (sulfide) groups is 1. The average Bonchev–Trinajstić information content (AvgIpc) is 3.63. The van der Waals surface area contributed by atoms with E-state index in [1.807, 2.05) is 91.0 Å². The fourth-order valence-corrected chi connectivity index (χ4v) is 6.37. The molecule has 1 aliphatic heterocycles. The van der Waals surface area contributed by atoms with E-state index in [0.29, 0.717) is 28.6 Å². The molecule has 0 saturated carbocycles. The highest BCUT2D eigenvalue weighted by atomic mass is 32.2. The van der Waals surface area contributed by atoms with Crippen molar-refractivity contribution in [2.75, 3.05) is 18.2 Å². The molecule has 0 aliphatic carbocycles. The number of urea groups is 1. The van der Waals surface area contributed by atoms with Crippen molar-refractivity contribution in [3.05, 3.63) is 131 Å². The Morgan fingerprint density at radius 2 is 1.69 bits per heavy atom. The van der Waals surface area contributed by atoms with Crippen LogP contribution in [0.5, 0.6) is 0 Å². The van der Waals surface area contributed by atoms with Crippen LogP contribution in [0.25, 0.3) is 5.69 Å². The lowest BCUT2D eigenvalue weighted by molar-refractivity contribution is -0.245.